The molecule has 1 aliphatic heterocycles. The number of carbonyl (C=O) groups is 1. The number of aliphatic carboxylic acids is 1. The Hall–Kier alpha value is -0.650. The van der Waals surface area contributed by atoms with Crippen LogP contribution in [-0.4, -0.2) is 46.1 Å². The van der Waals surface area contributed by atoms with Gasteiger partial charge in [0.2, 0.25) is 0 Å². The van der Waals surface area contributed by atoms with E-state index in [0.29, 0.717) is 0 Å². The maximum atomic E-state index is 10.4. The van der Waals surface area contributed by atoms with E-state index in [9.17, 15) is 4.79 Å². The van der Waals surface area contributed by atoms with Gasteiger partial charge in [-0.15, -0.1) is 0 Å². The van der Waals surface area contributed by atoms with E-state index in [1.165, 1.54) is 0 Å². The smallest absolute Gasteiger partial charge is 0.320 e. The zero-order chi connectivity index (χ0) is 8.43. The summed E-state index contributed by atoms with van der Waals surface area (Å²) in [6, 6.07) is -1.21. The van der Waals surface area contributed by atoms with Crippen molar-refractivity contribution in [1.29, 1.82) is 0 Å². The summed E-state index contributed by atoms with van der Waals surface area (Å²) in [5.41, 5.74) is 0. The van der Waals surface area contributed by atoms with E-state index < -0.39 is 24.2 Å². The Morgan fingerprint density at radius 3 is 2.55 bits per heavy atom. The van der Waals surface area contributed by atoms with E-state index in [1.807, 2.05) is 0 Å². The van der Waals surface area contributed by atoms with Crippen LogP contribution in [0.5, 0.6) is 0 Å². The molecule has 5 heteroatoms. The number of carboxylic acids is 1. The lowest BCUT2D eigenvalue weighted by Gasteiger charge is -2.09. The van der Waals surface area contributed by atoms with Gasteiger partial charge in [0.25, 0.3) is 0 Å². The van der Waals surface area contributed by atoms with Gasteiger partial charge in [-0.1, -0.05) is 0 Å². The summed E-state index contributed by atoms with van der Waals surface area (Å²) >= 11 is 0. The summed E-state index contributed by atoms with van der Waals surface area (Å²) in [6.07, 6.45) is -0.582. The molecule has 1 aliphatic rings. The summed E-state index contributed by atoms with van der Waals surface area (Å²) in [7, 11) is 0. The molecule has 1 saturated heterocycles. The van der Waals surface area contributed by atoms with Gasteiger partial charge >= 0.3 is 5.97 Å². The van der Waals surface area contributed by atoms with Crippen LogP contribution in [0.15, 0.2) is 0 Å². The third-order valence-corrected chi connectivity index (χ3v) is 1.85. The molecule has 0 aromatic heterocycles. The minimum absolute atomic E-state index is 0.167. The second-order valence-corrected chi connectivity index (χ2v) is 2.65. The Morgan fingerprint density at radius 1 is 1.64 bits per heavy atom. The lowest BCUT2D eigenvalue weighted by Crippen LogP contribution is -2.39. The zero-order valence-corrected chi connectivity index (χ0v) is 5.90. The van der Waals surface area contributed by atoms with Crippen molar-refractivity contribution in [1.82, 2.24) is 5.32 Å². The molecule has 64 valence electrons. The average Bonchev–Trinajstić information content (AvgIpc) is 2.31. The fraction of sp³-hybridized carbons (Fsp3) is 0.833. The number of rotatable bonds is 2. The number of hydrogen-bond donors (Lipinski definition) is 4. The van der Waals surface area contributed by atoms with Gasteiger partial charge in [0.05, 0.1) is 18.8 Å². The molecule has 5 nitrogen and oxygen atoms in total. The Balaban J connectivity index is 2.49. The second-order valence-electron chi connectivity index (χ2n) is 2.65. The molecule has 0 radical (unpaired) electrons. The third kappa shape index (κ3) is 1.68. The zero-order valence-electron chi connectivity index (χ0n) is 5.90. The summed E-state index contributed by atoms with van der Waals surface area (Å²) in [6.45, 7) is -0.231. The highest BCUT2D eigenvalue weighted by Crippen LogP contribution is 2.12. The first-order valence-electron chi connectivity index (χ1n) is 3.43. The third-order valence-electron chi connectivity index (χ3n) is 1.85. The summed E-state index contributed by atoms with van der Waals surface area (Å²) in [5, 5.41) is 28.8. The number of aliphatic hydroxyl groups excluding tert-OH is 2. The molecular weight excluding hydrogens is 150 g/mol. The molecule has 0 aromatic rings. The van der Waals surface area contributed by atoms with Gasteiger partial charge in [0.15, 0.2) is 0 Å². The molecule has 11 heavy (non-hydrogen) atoms. The lowest BCUT2D eigenvalue weighted by atomic mass is 10.1. The van der Waals surface area contributed by atoms with Crippen molar-refractivity contribution in [2.75, 3.05) is 6.61 Å². The summed E-state index contributed by atoms with van der Waals surface area (Å²) < 4.78 is 0. The van der Waals surface area contributed by atoms with Crippen LogP contribution in [0.25, 0.3) is 0 Å². The van der Waals surface area contributed by atoms with Gasteiger partial charge in [-0.2, -0.15) is 0 Å². The molecule has 1 fully saturated rings. The molecule has 1 rings (SSSR count). The van der Waals surface area contributed by atoms with E-state index in [0.717, 1.165) is 0 Å². The predicted molar refractivity (Wildman–Crippen MR) is 36.1 cm³/mol. The Bertz CT molecular complexity index is 161. The summed E-state index contributed by atoms with van der Waals surface area (Å²) in [4.78, 5) is 10.4. The molecular formula is C6H11NO4. The molecule has 0 bridgehead atoms. The number of carboxylic acid groups (broad SMARTS) is 1. The second kappa shape index (κ2) is 3.17. The van der Waals surface area contributed by atoms with Gasteiger partial charge in [0.1, 0.15) is 6.04 Å². The number of hydrogen-bond acceptors (Lipinski definition) is 4. The minimum atomic E-state index is -0.986. The maximum absolute atomic E-state index is 10.4. The van der Waals surface area contributed by atoms with E-state index in [1.54, 1.807) is 0 Å². The largest absolute Gasteiger partial charge is 0.480 e. The van der Waals surface area contributed by atoms with Crippen molar-refractivity contribution in [3.63, 3.8) is 0 Å². The van der Waals surface area contributed by atoms with Crippen molar-refractivity contribution >= 4 is 5.97 Å². The van der Waals surface area contributed by atoms with Crippen LogP contribution in [0.2, 0.25) is 0 Å². The molecule has 0 aliphatic carbocycles. The summed E-state index contributed by atoms with van der Waals surface area (Å²) in [5.74, 6) is -0.986. The average molecular weight is 161 g/mol. The standard InChI is InChI=1S/C6H11NO4/c8-2-4-5(9)1-3(7-4)6(10)11/h3-5,7-9H,1-2H2,(H,10,11)/t3-,4+,5-/m1/s1. The fourth-order valence-corrected chi connectivity index (χ4v) is 1.19. The predicted octanol–water partition coefficient (Wildman–Crippen LogP) is -1.85. The first-order chi connectivity index (χ1) is 5.15. The minimum Gasteiger partial charge on any atom is -0.480 e. The molecule has 0 amide bonds. The fourth-order valence-electron chi connectivity index (χ4n) is 1.19. The molecule has 0 spiro atoms. The molecule has 0 aromatic carbocycles. The molecule has 0 unspecified atom stereocenters. The van der Waals surface area contributed by atoms with E-state index >= 15 is 0 Å². The Morgan fingerprint density at radius 2 is 2.27 bits per heavy atom. The SMILES string of the molecule is O=C(O)[C@H]1C[C@@H](O)[C@H](CO)N1. The van der Waals surface area contributed by atoms with Crippen LogP contribution in [-0.2, 0) is 4.79 Å². The van der Waals surface area contributed by atoms with Gasteiger partial charge in [-0.3, -0.25) is 10.1 Å². The van der Waals surface area contributed by atoms with Gasteiger partial charge in [-0.05, 0) is 0 Å². The Labute approximate surface area is 63.7 Å². The van der Waals surface area contributed by atoms with Crippen LogP contribution >= 0.6 is 0 Å². The van der Waals surface area contributed by atoms with Crippen LogP contribution in [0.4, 0.5) is 0 Å². The molecule has 0 saturated carbocycles. The van der Waals surface area contributed by atoms with Crippen LogP contribution in [0, 0.1) is 0 Å². The van der Waals surface area contributed by atoms with Crippen molar-refractivity contribution in [2.24, 2.45) is 0 Å². The van der Waals surface area contributed by atoms with Gasteiger partial charge in [0, 0.05) is 6.42 Å². The first-order valence-corrected chi connectivity index (χ1v) is 3.43. The van der Waals surface area contributed by atoms with E-state index in [4.69, 9.17) is 15.3 Å². The molecule has 1 heterocycles. The highest BCUT2D eigenvalue weighted by molar-refractivity contribution is 5.74. The van der Waals surface area contributed by atoms with Crippen LogP contribution in [0.3, 0.4) is 0 Å². The Kier molecular flexibility index (Phi) is 2.43. The van der Waals surface area contributed by atoms with Gasteiger partial charge < -0.3 is 15.3 Å². The van der Waals surface area contributed by atoms with Crippen molar-refractivity contribution in [3.05, 3.63) is 0 Å². The first kappa shape index (κ1) is 8.45. The lowest BCUT2D eigenvalue weighted by molar-refractivity contribution is -0.139. The molecule has 4 N–H and O–H groups in total. The number of nitrogens with one attached hydrogen (secondary N) is 1. The van der Waals surface area contributed by atoms with Gasteiger partial charge in [-0.25, -0.2) is 0 Å². The van der Waals surface area contributed by atoms with Crippen LogP contribution < -0.4 is 5.32 Å². The van der Waals surface area contributed by atoms with E-state index in [-0.39, 0.29) is 13.0 Å². The van der Waals surface area contributed by atoms with Crippen molar-refractivity contribution < 1.29 is 20.1 Å². The molecule has 3 atom stereocenters. The highest BCUT2D eigenvalue weighted by atomic mass is 16.4. The normalized spacial score (nSPS) is 37.5. The van der Waals surface area contributed by atoms with E-state index in [2.05, 4.69) is 5.32 Å². The topological polar surface area (TPSA) is 89.8 Å². The van der Waals surface area contributed by atoms with Crippen molar-refractivity contribution in [2.45, 2.75) is 24.6 Å². The van der Waals surface area contributed by atoms with Crippen LogP contribution in [0.1, 0.15) is 6.42 Å². The number of aliphatic hydroxyl groups is 2. The highest BCUT2D eigenvalue weighted by Gasteiger charge is 2.35. The monoisotopic (exact) mass is 161 g/mol. The quantitative estimate of drug-likeness (QED) is 0.382. The maximum Gasteiger partial charge on any atom is 0.320 e. The van der Waals surface area contributed by atoms with Crippen molar-refractivity contribution in [3.8, 4) is 0 Å².